The van der Waals surface area contributed by atoms with Gasteiger partial charge in [-0.3, -0.25) is 14.5 Å². The summed E-state index contributed by atoms with van der Waals surface area (Å²) in [7, 11) is 0. The lowest BCUT2D eigenvalue weighted by Crippen LogP contribution is -2.41. The average Bonchev–Trinajstić information content (AvgIpc) is 2.84. The Labute approximate surface area is 196 Å². The first kappa shape index (κ1) is 21.5. The molecule has 1 aromatic heterocycles. The molecule has 5 rings (SSSR count). The number of hydrogen-bond donors (Lipinski definition) is 0. The van der Waals surface area contributed by atoms with Crippen molar-refractivity contribution in [3.63, 3.8) is 0 Å². The molecule has 6 heteroatoms. The van der Waals surface area contributed by atoms with Crippen molar-refractivity contribution < 1.29 is 4.79 Å². The third kappa shape index (κ3) is 3.95. The smallest absolute Gasteiger partial charge is 0.248 e. The molecule has 0 N–H and O–H groups in total. The highest BCUT2D eigenvalue weighted by molar-refractivity contribution is 8.13. The maximum atomic E-state index is 13.6. The van der Waals surface area contributed by atoms with Crippen molar-refractivity contribution in [2.24, 2.45) is 4.99 Å². The predicted octanol–water partition coefficient (Wildman–Crippen LogP) is 5.42. The van der Waals surface area contributed by atoms with E-state index in [-0.39, 0.29) is 17.9 Å². The molecule has 0 radical (unpaired) electrons. The summed E-state index contributed by atoms with van der Waals surface area (Å²) >= 11 is 1.63. The molecule has 1 saturated heterocycles. The molecule has 3 aromatic carbocycles. The molecule has 4 aromatic rings. The van der Waals surface area contributed by atoms with E-state index in [0.29, 0.717) is 17.3 Å². The van der Waals surface area contributed by atoms with Crippen molar-refractivity contribution in [3.8, 4) is 0 Å². The Morgan fingerprint density at radius 1 is 0.909 bits per heavy atom. The lowest BCUT2D eigenvalue weighted by atomic mass is 10.1. The van der Waals surface area contributed by atoms with Gasteiger partial charge in [0.1, 0.15) is 6.54 Å². The molecule has 0 bridgehead atoms. The molecule has 33 heavy (non-hydrogen) atoms. The fraction of sp³-hybridized carbons (Fsp3) is 0.222. The molecule has 1 amide bonds. The van der Waals surface area contributed by atoms with Gasteiger partial charge in [-0.05, 0) is 55.7 Å². The normalized spacial score (nSPS) is 15.5. The number of hydrogen-bond acceptors (Lipinski definition) is 4. The highest BCUT2D eigenvalue weighted by atomic mass is 32.2. The van der Waals surface area contributed by atoms with Crippen molar-refractivity contribution >= 4 is 50.3 Å². The summed E-state index contributed by atoms with van der Waals surface area (Å²) in [5.74, 6) is 0.920. The molecule has 0 saturated carbocycles. The van der Waals surface area contributed by atoms with Crippen LogP contribution in [0.1, 0.15) is 17.5 Å². The molecule has 5 nitrogen and oxygen atoms in total. The van der Waals surface area contributed by atoms with Gasteiger partial charge in [-0.25, -0.2) is 4.99 Å². The van der Waals surface area contributed by atoms with Crippen molar-refractivity contribution in [1.82, 2.24) is 9.47 Å². The van der Waals surface area contributed by atoms with Crippen LogP contribution in [0.2, 0.25) is 0 Å². The Bertz CT molecular complexity index is 1390. The van der Waals surface area contributed by atoms with Crippen LogP contribution in [0.3, 0.4) is 0 Å². The van der Waals surface area contributed by atoms with Gasteiger partial charge >= 0.3 is 0 Å². The number of aromatic nitrogens is 1. The number of carbonyl (C=O) groups is 1. The first-order valence-electron chi connectivity index (χ1n) is 11.1. The van der Waals surface area contributed by atoms with Crippen molar-refractivity contribution in [2.45, 2.75) is 26.8 Å². The molecular formula is C27H25N3O2S. The molecule has 0 aliphatic carbocycles. The van der Waals surface area contributed by atoms with Gasteiger partial charge in [0.2, 0.25) is 5.91 Å². The van der Waals surface area contributed by atoms with Crippen LogP contribution in [0, 0.1) is 13.8 Å². The second-order valence-corrected chi connectivity index (χ2v) is 9.39. The topological polar surface area (TPSA) is 54.7 Å². The molecular weight excluding hydrogens is 430 g/mol. The zero-order valence-electron chi connectivity index (χ0n) is 18.7. The maximum Gasteiger partial charge on any atom is 0.248 e. The minimum atomic E-state index is -0.0221. The van der Waals surface area contributed by atoms with E-state index in [2.05, 4.69) is 0 Å². The monoisotopic (exact) mass is 455 g/mol. The number of amides is 1. The van der Waals surface area contributed by atoms with Gasteiger partial charge in [-0.1, -0.05) is 54.2 Å². The van der Waals surface area contributed by atoms with E-state index in [1.165, 1.54) is 0 Å². The number of fused-ring (bicyclic) bond motifs is 2. The van der Waals surface area contributed by atoms with E-state index < -0.39 is 0 Å². The van der Waals surface area contributed by atoms with Crippen LogP contribution in [0.15, 0.2) is 76.5 Å². The quantitative estimate of drug-likeness (QED) is 0.387. The molecule has 0 unspecified atom stereocenters. The summed E-state index contributed by atoms with van der Waals surface area (Å²) in [5.41, 5.74) is 4.66. The first-order valence-corrected chi connectivity index (χ1v) is 12.1. The number of aliphatic imine (C=N–C) groups is 1. The summed E-state index contributed by atoms with van der Waals surface area (Å²) in [6.45, 7) is 4.88. The van der Waals surface area contributed by atoms with Gasteiger partial charge in [-0.15, -0.1) is 0 Å². The summed E-state index contributed by atoms with van der Waals surface area (Å²) in [6.07, 6.45) is 0.924. The Hall–Kier alpha value is -3.38. The first-order chi connectivity index (χ1) is 16.0. The van der Waals surface area contributed by atoms with Gasteiger partial charge in [-0.2, -0.15) is 0 Å². The fourth-order valence-corrected chi connectivity index (χ4v) is 5.39. The molecule has 0 spiro atoms. The minimum absolute atomic E-state index is 0.00398. The van der Waals surface area contributed by atoms with E-state index >= 15 is 0 Å². The molecule has 1 fully saturated rings. The third-order valence-corrected chi connectivity index (χ3v) is 7.17. The second-order valence-electron chi connectivity index (χ2n) is 8.33. The van der Waals surface area contributed by atoms with Gasteiger partial charge in [0.05, 0.1) is 16.7 Å². The summed E-state index contributed by atoms with van der Waals surface area (Å²) in [6, 6.07) is 21.1. The van der Waals surface area contributed by atoms with Crippen LogP contribution >= 0.6 is 11.8 Å². The number of para-hydroxylation sites is 3. The Balaban J connectivity index is 1.58. The Kier molecular flexibility index (Phi) is 5.77. The van der Waals surface area contributed by atoms with Crippen LogP contribution < -0.4 is 5.43 Å². The van der Waals surface area contributed by atoms with Gasteiger partial charge in [0, 0.05) is 23.1 Å². The second kappa shape index (κ2) is 8.87. The average molecular weight is 456 g/mol. The van der Waals surface area contributed by atoms with E-state index in [1.54, 1.807) is 11.8 Å². The Morgan fingerprint density at radius 2 is 1.52 bits per heavy atom. The van der Waals surface area contributed by atoms with Gasteiger partial charge in [0.15, 0.2) is 10.6 Å². The van der Waals surface area contributed by atoms with E-state index in [4.69, 9.17) is 4.99 Å². The summed E-state index contributed by atoms with van der Waals surface area (Å²) in [4.78, 5) is 33.4. The molecule has 1 aliphatic rings. The van der Waals surface area contributed by atoms with Crippen LogP contribution in [0.5, 0.6) is 0 Å². The number of amidine groups is 1. The zero-order chi connectivity index (χ0) is 22.9. The lowest BCUT2D eigenvalue weighted by Gasteiger charge is -2.29. The molecule has 1 aliphatic heterocycles. The largest absolute Gasteiger partial charge is 0.331 e. The predicted molar refractivity (Wildman–Crippen MR) is 138 cm³/mol. The minimum Gasteiger partial charge on any atom is -0.331 e. The number of carbonyl (C=O) groups excluding carboxylic acids is 1. The van der Waals surface area contributed by atoms with Crippen LogP contribution in [-0.4, -0.2) is 32.8 Å². The highest BCUT2D eigenvalue weighted by Gasteiger charge is 2.25. The number of pyridine rings is 1. The molecule has 0 atom stereocenters. The van der Waals surface area contributed by atoms with Crippen LogP contribution in [0.4, 0.5) is 5.69 Å². The third-order valence-electron chi connectivity index (χ3n) is 6.11. The van der Waals surface area contributed by atoms with Crippen molar-refractivity contribution in [3.05, 3.63) is 88.1 Å². The number of rotatable bonds is 3. The van der Waals surface area contributed by atoms with Crippen LogP contribution in [-0.2, 0) is 11.3 Å². The zero-order valence-corrected chi connectivity index (χ0v) is 19.6. The SMILES string of the molecule is Cc1cccc(C)c1N=C1SCCCN1C(=O)Cn1c2ccccc2c(=O)c2ccccc21. The number of nitrogens with zero attached hydrogens (tertiary/aromatic N) is 3. The lowest BCUT2D eigenvalue weighted by molar-refractivity contribution is -0.127. The standard InChI is InChI=1S/C27H25N3O2S/c1-18-9-7-10-19(2)25(18)28-27-29(15-8-16-33-27)24(31)17-30-22-13-5-3-11-20(22)26(32)21-12-4-6-14-23(21)30/h3-7,9-14H,8,15-17H2,1-2H3. The number of benzene rings is 3. The van der Waals surface area contributed by atoms with E-state index in [9.17, 15) is 9.59 Å². The van der Waals surface area contributed by atoms with Gasteiger partial charge < -0.3 is 4.57 Å². The van der Waals surface area contributed by atoms with Gasteiger partial charge in [0.25, 0.3) is 0 Å². The summed E-state index contributed by atoms with van der Waals surface area (Å²) in [5, 5.41) is 2.00. The van der Waals surface area contributed by atoms with Crippen molar-refractivity contribution in [2.75, 3.05) is 12.3 Å². The Morgan fingerprint density at radius 3 is 2.15 bits per heavy atom. The number of thioether (sulfide) groups is 1. The fourth-order valence-electron chi connectivity index (χ4n) is 4.43. The maximum absolute atomic E-state index is 13.6. The molecule has 166 valence electrons. The molecule has 2 heterocycles. The van der Waals surface area contributed by atoms with E-state index in [0.717, 1.165) is 45.2 Å². The van der Waals surface area contributed by atoms with E-state index in [1.807, 2.05) is 90.0 Å². The number of aryl methyl sites for hydroxylation is 2. The summed E-state index contributed by atoms with van der Waals surface area (Å²) < 4.78 is 1.96. The van der Waals surface area contributed by atoms with Crippen LogP contribution in [0.25, 0.3) is 21.8 Å². The highest BCUT2D eigenvalue weighted by Crippen LogP contribution is 2.28. The van der Waals surface area contributed by atoms with Crippen molar-refractivity contribution in [1.29, 1.82) is 0 Å².